The highest BCUT2D eigenvalue weighted by atomic mass is 32.1. The van der Waals surface area contributed by atoms with Crippen LogP contribution >= 0.6 is 0 Å². The van der Waals surface area contributed by atoms with Crippen LogP contribution in [0.4, 0.5) is 4.79 Å². The van der Waals surface area contributed by atoms with Gasteiger partial charge in [-0.25, -0.2) is 4.79 Å². The van der Waals surface area contributed by atoms with Crippen molar-refractivity contribution in [3.8, 4) is 0 Å². The molecule has 0 aromatic heterocycles. The first-order valence-corrected chi connectivity index (χ1v) is 3.18. The smallest absolute Gasteiger partial charge is 0.409 e. The van der Waals surface area contributed by atoms with Gasteiger partial charge in [-0.05, 0) is 0 Å². The number of carbonyl (C=O) groups excluding carboxylic acids is 1. The van der Waals surface area contributed by atoms with Crippen LogP contribution in [0.1, 0.15) is 0 Å². The molecule has 0 saturated carbocycles. The molecular weight excluding hydrogens is 158 g/mol. The fraction of sp³-hybridized carbons (Fsp3) is 0.750. The van der Waals surface area contributed by atoms with Gasteiger partial charge in [0.15, 0.2) is 0 Å². The molecule has 1 aliphatic heterocycles. The number of amides is 1. The quantitative estimate of drug-likeness (QED) is 0.480. The van der Waals surface area contributed by atoms with Crippen LogP contribution in [0.15, 0.2) is 0 Å². The van der Waals surface area contributed by atoms with Crippen molar-refractivity contribution in [2.45, 2.75) is 0 Å². The fourth-order valence-corrected chi connectivity index (χ4v) is 0.471. The summed E-state index contributed by atoms with van der Waals surface area (Å²) < 4.78 is 21.1. The molecule has 0 aromatic carbocycles. The second-order valence-electron chi connectivity index (χ2n) is 1.60. The molecule has 1 saturated heterocycles. The van der Waals surface area contributed by atoms with E-state index in [2.05, 4.69) is 4.74 Å². The summed E-state index contributed by atoms with van der Waals surface area (Å²) in [5, 5.41) is 0. The number of ether oxygens (including phenoxy) is 1. The summed E-state index contributed by atoms with van der Waals surface area (Å²) in [6.07, 6.45) is -0.208. The molecule has 0 N–H and O–H groups in total. The fourth-order valence-electron chi connectivity index (χ4n) is 0.471. The Labute approximate surface area is 61.6 Å². The summed E-state index contributed by atoms with van der Waals surface area (Å²) in [6.45, 7) is 1.29. The Balaban J connectivity index is 0.000000236. The van der Waals surface area contributed by atoms with Crippen molar-refractivity contribution in [3.63, 3.8) is 0 Å². The molecular formula is C4H7NO4S. The van der Waals surface area contributed by atoms with E-state index in [1.165, 1.54) is 0 Å². The van der Waals surface area contributed by atoms with E-state index < -0.39 is 11.6 Å². The molecule has 0 aliphatic carbocycles. The zero-order valence-corrected chi connectivity index (χ0v) is 6.22. The normalized spacial score (nSPS) is 15.3. The summed E-state index contributed by atoms with van der Waals surface area (Å²) in [5.74, 6) is 0. The lowest BCUT2D eigenvalue weighted by Crippen LogP contribution is -2.17. The lowest BCUT2D eigenvalue weighted by atomic mass is 10.7. The van der Waals surface area contributed by atoms with E-state index in [1.54, 1.807) is 11.9 Å². The predicted molar refractivity (Wildman–Crippen MR) is 32.9 cm³/mol. The standard InChI is InChI=1S/C4H7NO2.O2S/c1-5-2-3-7-4(5)6;1-3-2/h2-3H2,1H3;. The van der Waals surface area contributed by atoms with Gasteiger partial charge in [0.25, 0.3) is 0 Å². The molecule has 0 radical (unpaired) electrons. The zero-order chi connectivity index (χ0) is 7.98. The number of cyclic esters (lactones) is 1. The highest BCUT2D eigenvalue weighted by Gasteiger charge is 2.15. The average molecular weight is 165 g/mol. The maximum Gasteiger partial charge on any atom is 0.409 e. The lowest BCUT2D eigenvalue weighted by molar-refractivity contribution is 0.163. The summed E-state index contributed by atoms with van der Waals surface area (Å²) in [5.41, 5.74) is 0. The van der Waals surface area contributed by atoms with Crippen LogP contribution < -0.4 is 0 Å². The summed E-state index contributed by atoms with van der Waals surface area (Å²) >= 11 is -0.750. The van der Waals surface area contributed by atoms with Gasteiger partial charge in [0.1, 0.15) is 6.61 Å². The largest absolute Gasteiger partial charge is 0.448 e. The number of rotatable bonds is 0. The van der Waals surface area contributed by atoms with Gasteiger partial charge in [0.05, 0.1) is 6.54 Å². The molecule has 1 amide bonds. The third-order valence-corrected chi connectivity index (χ3v) is 0.964. The molecule has 1 aliphatic rings. The highest BCUT2D eigenvalue weighted by Crippen LogP contribution is 1.96. The Hall–Kier alpha value is -0.910. The Bertz CT molecular complexity index is 153. The monoisotopic (exact) mass is 165 g/mol. The zero-order valence-electron chi connectivity index (χ0n) is 5.40. The Morgan fingerprint density at radius 3 is 2.20 bits per heavy atom. The second-order valence-corrected chi connectivity index (χ2v) is 1.74. The van der Waals surface area contributed by atoms with Crippen molar-refractivity contribution in [1.29, 1.82) is 0 Å². The van der Waals surface area contributed by atoms with E-state index in [0.29, 0.717) is 6.61 Å². The molecule has 1 fully saturated rings. The average Bonchev–Trinajstić information content (AvgIpc) is 2.19. The Morgan fingerprint density at radius 1 is 1.60 bits per heavy atom. The Kier molecular flexibility index (Phi) is 4.47. The van der Waals surface area contributed by atoms with Crippen molar-refractivity contribution in [1.82, 2.24) is 4.90 Å². The predicted octanol–water partition coefficient (Wildman–Crippen LogP) is -0.602. The minimum absolute atomic E-state index is 0.208. The minimum Gasteiger partial charge on any atom is -0.448 e. The first kappa shape index (κ1) is 9.09. The van der Waals surface area contributed by atoms with Crippen LogP contribution in [-0.4, -0.2) is 39.6 Å². The van der Waals surface area contributed by atoms with Crippen molar-refractivity contribution in [3.05, 3.63) is 0 Å². The van der Waals surface area contributed by atoms with Gasteiger partial charge >= 0.3 is 17.7 Å². The second kappa shape index (κ2) is 4.92. The molecule has 6 heteroatoms. The van der Waals surface area contributed by atoms with Crippen LogP contribution in [0.5, 0.6) is 0 Å². The first-order chi connectivity index (χ1) is 4.72. The maximum absolute atomic E-state index is 10.3. The third-order valence-electron chi connectivity index (χ3n) is 0.964. The summed E-state index contributed by atoms with van der Waals surface area (Å²) in [4.78, 5) is 11.8. The SMILES string of the molecule is CN1CCOC1=O.O=S=O. The molecule has 1 heterocycles. The molecule has 1 rings (SSSR count). The molecule has 58 valence electrons. The van der Waals surface area contributed by atoms with E-state index in [9.17, 15) is 4.79 Å². The van der Waals surface area contributed by atoms with E-state index in [0.717, 1.165) is 6.54 Å². The van der Waals surface area contributed by atoms with Crippen LogP contribution in [0, 0.1) is 0 Å². The van der Waals surface area contributed by atoms with Crippen molar-refractivity contribution < 1.29 is 17.9 Å². The van der Waals surface area contributed by atoms with Crippen molar-refractivity contribution >= 4 is 17.7 Å². The van der Waals surface area contributed by atoms with E-state index in [1.807, 2.05) is 0 Å². The van der Waals surface area contributed by atoms with Gasteiger partial charge in [-0.1, -0.05) is 0 Å². The molecule has 10 heavy (non-hydrogen) atoms. The van der Waals surface area contributed by atoms with E-state index >= 15 is 0 Å². The van der Waals surface area contributed by atoms with Crippen molar-refractivity contribution in [2.24, 2.45) is 0 Å². The van der Waals surface area contributed by atoms with Crippen LogP contribution in [0.2, 0.25) is 0 Å². The molecule has 5 nitrogen and oxygen atoms in total. The van der Waals surface area contributed by atoms with Gasteiger partial charge in [-0.2, -0.15) is 8.42 Å². The molecule has 0 bridgehead atoms. The lowest BCUT2D eigenvalue weighted by Gasteiger charge is -1.98. The molecule has 0 spiro atoms. The molecule has 0 unspecified atom stereocenters. The van der Waals surface area contributed by atoms with E-state index in [4.69, 9.17) is 8.42 Å². The highest BCUT2D eigenvalue weighted by molar-refractivity contribution is 7.51. The van der Waals surface area contributed by atoms with Crippen molar-refractivity contribution in [2.75, 3.05) is 20.2 Å². The third kappa shape index (κ3) is 3.18. The van der Waals surface area contributed by atoms with Crippen LogP contribution in [-0.2, 0) is 16.3 Å². The molecule has 0 aromatic rings. The molecule has 0 atom stereocenters. The van der Waals surface area contributed by atoms with Crippen LogP contribution in [0.3, 0.4) is 0 Å². The van der Waals surface area contributed by atoms with Gasteiger partial charge in [0, 0.05) is 7.05 Å². The number of carbonyl (C=O) groups is 1. The number of likely N-dealkylation sites (N-methyl/N-ethyl adjacent to an activating group) is 1. The minimum atomic E-state index is -0.750. The van der Waals surface area contributed by atoms with E-state index in [-0.39, 0.29) is 6.09 Å². The number of hydrogen-bond acceptors (Lipinski definition) is 4. The Morgan fingerprint density at radius 2 is 2.10 bits per heavy atom. The summed E-state index contributed by atoms with van der Waals surface area (Å²) in [6, 6.07) is 0. The van der Waals surface area contributed by atoms with Gasteiger partial charge in [0.2, 0.25) is 0 Å². The summed E-state index contributed by atoms with van der Waals surface area (Å²) in [7, 11) is 1.72. The van der Waals surface area contributed by atoms with Gasteiger partial charge in [-0.15, -0.1) is 0 Å². The topological polar surface area (TPSA) is 63.7 Å². The number of hydrogen-bond donors (Lipinski definition) is 0. The first-order valence-electron chi connectivity index (χ1n) is 2.52. The maximum atomic E-state index is 10.3. The van der Waals surface area contributed by atoms with Gasteiger partial charge < -0.3 is 9.64 Å². The number of nitrogens with zero attached hydrogens (tertiary/aromatic N) is 1. The van der Waals surface area contributed by atoms with Gasteiger partial charge in [-0.3, -0.25) is 0 Å². The van der Waals surface area contributed by atoms with Crippen LogP contribution in [0.25, 0.3) is 0 Å².